The van der Waals surface area contributed by atoms with E-state index >= 15 is 0 Å². The maximum Gasteiger partial charge on any atom is 0.254 e. The zero-order valence-electron chi connectivity index (χ0n) is 12.4. The summed E-state index contributed by atoms with van der Waals surface area (Å²) in [6.45, 7) is 2.67. The van der Waals surface area contributed by atoms with Crippen molar-refractivity contribution in [1.82, 2.24) is 5.32 Å². The third-order valence-corrected chi connectivity index (χ3v) is 3.99. The van der Waals surface area contributed by atoms with Crippen molar-refractivity contribution in [3.8, 4) is 5.75 Å². The van der Waals surface area contributed by atoms with Crippen LogP contribution in [0.15, 0.2) is 34.6 Å². The van der Waals surface area contributed by atoms with Gasteiger partial charge >= 0.3 is 0 Å². The number of nitrogens with zero attached hydrogens (tertiary/aromatic N) is 1. The molecule has 1 aromatic carbocycles. The van der Waals surface area contributed by atoms with Gasteiger partial charge in [0, 0.05) is 23.3 Å². The predicted octanol–water partition coefficient (Wildman–Crippen LogP) is 4.30. The van der Waals surface area contributed by atoms with Crippen LogP contribution in [0.5, 0.6) is 5.75 Å². The molecule has 1 heterocycles. The Morgan fingerprint density at radius 3 is 3.00 bits per heavy atom. The van der Waals surface area contributed by atoms with E-state index in [2.05, 4.69) is 10.3 Å². The zero-order chi connectivity index (χ0) is 15.9. The molecule has 0 saturated heterocycles. The van der Waals surface area contributed by atoms with E-state index in [0.717, 1.165) is 12.0 Å². The Morgan fingerprint density at radius 1 is 1.45 bits per heavy atom. The number of nitrogens with one attached hydrogen (secondary N) is 1. The zero-order valence-corrected chi connectivity index (χ0v) is 14.0. The van der Waals surface area contributed by atoms with Crippen molar-refractivity contribution in [3.63, 3.8) is 0 Å². The lowest BCUT2D eigenvalue weighted by atomic mass is 10.2. The number of benzene rings is 1. The molecule has 0 bridgehead atoms. The molecule has 2 aromatic rings. The first-order valence-corrected chi connectivity index (χ1v) is 8.14. The summed E-state index contributed by atoms with van der Waals surface area (Å²) in [5, 5.41) is 5.97. The minimum Gasteiger partial charge on any atom is -0.496 e. The molecule has 4 nitrogen and oxygen atoms in total. The van der Waals surface area contributed by atoms with Crippen LogP contribution in [-0.4, -0.2) is 25.8 Å². The predicted molar refractivity (Wildman–Crippen MR) is 92.2 cm³/mol. The Balaban J connectivity index is 2.23. The van der Waals surface area contributed by atoms with Gasteiger partial charge in [0.2, 0.25) is 0 Å². The molecule has 2 rings (SSSR count). The lowest BCUT2D eigenvalue weighted by Gasteiger charge is -2.05. The Kier molecular flexibility index (Phi) is 5.98. The number of amides is 1. The van der Waals surface area contributed by atoms with E-state index in [1.165, 1.54) is 11.3 Å². The van der Waals surface area contributed by atoms with Crippen molar-refractivity contribution >= 4 is 40.1 Å². The molecule has 0 aliphatic carbocycles. The lowest BCUT2D eigenvalue weighted by Crippen LogP contribution is -2.23. The minimum atomic E-state index is -0.103. The molecule has 0 fully saturated rings. The van der Waals surface area contributed by atoms with Gasteiger partial charge in [0.25, 0.3) is 5.91 Å². The maximum absolute atomic E-state index is 12.0. The topological polar surface area (TPSA) is 50.7 Å². The average Bonchev–Trinajstić information content (AvgIpc) is 2.99. The van der Waals surface area contributed by atoms with Gasteiger partial charge in [0.05, 0.1) is 12.7 Å². The number of methoxy groups -OCH3 is 1. The van der Waals surface area contributed by atoms with Crippen molar-refractivity contribution in [3.05, 3.63) is 45.8 Å². The number of aliphatic imine (C=N–C) groups is 1. The summed E-state index contributed by atoms with van der Waals surface area (Å²) in [7, 11) is 1.59. The Hall–Kier alpha value is -1.85. The van der Waals surface area contributed by atoms with Crippen LogP contribution in [0, 0.1) is 0 Å². The van der Waals surface area contributed by atoms with Crippen LogP contribution in [0.2, 0.25) is 5.02 Å². The Labute approximate surface area is 138 Å². The number of halogens is 1. The van der Waals surface area contributed by atoms with Gasteiger partial charge in [-0.3, -0.25) is 4.79 Å². The highest BCUT2D eigenvalue weighted by Crippen LogP contribution is 2.28. The van der Waals surface area contributed by atoms with Crippen molar-refractivity contribution in [2.75, 3.05) is 13.7 Å². The minimum absolute atomic E-state index is 0.103. The van der Waals surface area contributed by atoms with E-state index in [1.807, 2.05) is 12.3 Å². The molecule has 0 aliphatic heterocycles. The van der Waals surface area contributed by atoms with E-state index in [-0.39, 0.29) is 5.91 Å². The van der Waals surface area contributed by atoms with Crippen LogP contribution in [0.1, 0.15) is 29.3 Å². The molecule has 6 heteroatoms. The highest BCUT2D eigenvalue weighted by atomic mass is 35.5. The first-order chi connectivity index (χ1) is 10.7. The summed E-state index contributed by atoms with van der Waals surface area (Å²) in [4.78, 5) is 16.5. The molecule has 22 heavy (non-hydrogen) atoms. The quantitative estimate of drug-likeness (QED) is 0.799. The number of rotatable bonds is 6. The van der Waals surface area contributed by atoms with Gasteiger partial charge in [-0.15, -0.1) is 11.3 Å². The second-order valence-corrected chi connectivity index (χ2v) is 5.87. The summed E-state index contributed by atoms with van der Waals surface area (Å²) >= 11 is 7.41. The fourth-order valence-corrected chi connectivity index (χ4v) is 2.76. The second-order valence-electron chi connectivity index (χ2n) is 4.54. The number of carbonyl (C=O) groups is 1. The highest BCUT2D eigenvalue weighted by molar-refractivity contribution is 7.14. The third-order valence-electron chi connectivity index (χ3n) is 2.94. The summed E-state index contributed by atoms with van der Waals surface area (Å²) < 4.78 is 5.28. The highest BCUT2D eigenvalue weighted by Gasteiger charge is 2.11. The molecule has 0 radical (unpaired) electrons. The van der Waals surface area contributed by atoms with E-state index in [1.54, 1.807) is 37.6 Å². The average molecular weight is 337 g/mol. The summed E-state index contributed by atoms with van der Waals surface area (Å²) in [5.74, 6) is 0.579. The fraction of sp³-hybridized carbons (Fsp3) is 0.250. The first-order valence-electron chi connectivity index (χ1n) is 6.89. The third kappa shape index (κ3) is 4.08. The molecule has 0 atom stereocenters. The van der Waals surface area contributed by atoms with E-state index in [0.29, 0.717) is 27.9 Å². The van der Waals surface area contributed by atoms with E-state index in [9.17, 15) is 4.79 Å². The van der Waals surface area contributed by atoms with Gasteiger partial charge in [-0.1, -0.05) is 18.5 Å². The van der Waals surface area contributed by atoms with Gasteiger partial charge < -0.3 is 10.1 Å². The van der Waals surface area contributed by atoms with Gasteiger partial charge in [-0.05, 0) is 36.1 Å². The van der Waals surface area contributed by atoms with Gasteiger partial charge in [0.1, 0.15) is 10.8 Å². The molecule has 0 spiro atoms. The van der Waals surface area contributed by atoms with Crippen molar-refractivity contribution in [1.29, 1.82) is 0 Å². The number of hydrogen-bond donors (Lipinski definition) is 1. The van der Waals surface area contributed by atoms with E-state index < -0.39 is 0 Å². The van der Waals surface area contributed by atoms with Crippen LogP contribution in [-0.2, 0) is 0 Å². The Morgan fingerprint density at radius 2 is 2.27 bits per heavy atom. The molecule has 1 aromatic heterocycles. The number of ether oxygens (including phenoxy) is 1. The summed E-state index contributed by atoms with van der Waals surface area (Å²) in [6, 6.07) is 7.09. The van der Waals surface area contributed by atoms with Crippen LogP contribution >= 0.6 is 22.9 Å². The van der Waals surface area contributed by atoms with Crippen LogP contribution in [0.3, 0.4) is 0 Å². The molecule has 116 valence electrons. The molecular weight excluding hydrogens is 320 g/mol. The smallest absolute Gasteiger partial charge is 0.254 e. The fourth-order valence-electron chi connectivity index (χ4n) is 1.84. The van der Waals surface area contributed by atoms with Gasteiger partial charge in [-0.25, -0.2) is 4.99 Å². The van der Waals surface area contributed by atoms with Crippen LogP contribution < -0.4 is 10.1 Å². The number of hydrogen-bond acceptors (Lipinski definition) is 4. The van der Waals surface area contributed by atoms with Crippen LogP contribution in [0.25, 0.3) is 0 Å². The van der Waals surface area contributed by atoms with Crippen molar-refractivity contribution in [2.45, 2.75) is 13.3 Å². The van der Waals surface area contributed by atoms with Crippen molar-refractivity contribution < 1.29 is 9.53 Å². The monoisotopic (exact) mass is 336 g/mol. The molecule has 0 unspecified atom stereocenters. The van der Waals surface area contributed by atoms with Gasteiger partial charge in [0.15, 0.2) is 0 Å². The SMILES string of the molecule is CCCNC(=O)c1ccsc1N=Cc1cc(Cl)ccc1OC. The molecule has 0 aliphatic rings. The second kappa shape index (κ2) is 7.96. The molecular formula is C16H17ClN2O2S. The first kappa shape index (κ1) is 16.5. The largest absolute Gasteiger partial charge is 0.496 e. The van der Waals surface area contributed by atoms with Crippen molar-refractivity contribution in [2.24, 2.45) is 4.99 Å². The lowest BCUT2D eigenvalue weighted by molar-refractivity contribution is 0.0955. The molecule has 1 amide bonds. The molecule has 0 saturated carbocycles. The standard InChI is InChI=1S/C16H17ClN2O2S/c1-3-7-18-15(20)13-6-8-22-16(13)19-10-11-9-12(17)4-5-14(11)21-2/h4-6,8-10H,3,7H2,1-2H3,(H,18,20). The summed E-state index contributed by atoms with van der Waals surface area (Å²) in [5.41, 5.74) is 1.35. The number of thiophene rings is 1. The Bertz CT molecular complexity index is 683. The van der Waals surface area contributed by atoms with E-state index in [4.69, 9.17) is 16.3 Å². The number of carbonyl (C=O) groups excluding carboxylic acids is 1. The van der Waals surface area contributed by atoms with Gasteiger partial charge in [-0.2, -0.15) is 0 Å². The summed E-state index contributed by atoms with van der Waals surface area (Å²) in [6.07, 6.45) is 2.56. The normalized spacial score (nSPS) is 10.9. The van der Waals surface area contributed by atoms with Crippen LogP contribution in [0.4, 0.5) is 5.00 Å². The molecule has 1 N–H and O–H groups in total. The maximum atomic E-state index is 12.0.